The number of aliphatic hydroxyl groups is 6. The highest BCUT2D eigenvalue weighted by molar-refractivity contribution is 5.74. The smallest absolute Gasteiger partial charge is 0.309 e. The third kappa shape index (κ3) is 40.1. The summed E-state index contributed by atoms with van der Waals surface area (Å²) in [7, 11) is 0. The lowest BCUT2D eigenvalue weighted by molar-refractivity contribution is -0.331. The zero-order valence-corrected chi connectivity index (χ0v) is 62.5. The molecular formula is C76H143N3O19. The molecule has 0 bridgehead atoms. The number of amides is 3. The van der Waals surface area contributed by atoms with Gasteiger partial charge in [-0.15, -0.1) is 0 Å². The predicted molar refractivity (Wildman–Crippen MR) is 380 cm³/mol. The summed E-state index contributed by atoms with van der Waals surface area (Å²) in [5.41, 5.74) is 0. The fraction of sp³-hybridized carbons (Fsp3) is 0.934. The van der Waals surface area contributed by atoms with Gasteiger partial charge in [0.1, 0.15) is 86.3 Å². The third-order valence-corrected chi connectivity index (χ3v) is 19.3. The van der Waals surface area contributed by atoms with Crippen LogP contribution in [0.2, 0.25) is 0 Å². The van der Waals surface area contributed by atoms with Crippen LogP contribution in [0.1, 0.15) is 325 Å². The molecule has 0 saturated carbocycles. The average molecular weight is 1400 g/mol. The normalized spacial score (nSPS) is 25.5. The first kappa shape index (κ1) is 91.0. The van der Waals surface area contributed by atoms with Gasteiger partial charge in [-0.2, -0.15) is 0 Å². The number of rotatable bonds is 57. The lowest BCUT2D eigenvalue weighted by Gasteiger charge is -2.48. The van der Waals surface area contributed by atoms with Crippen molar-refractivity contribution in [1.29, 1.82) is 0 Å². The minimum Gasteiger partial charge on any atom is -0.463 e. The summed E-state index contributed by atoms with van der Waals surface area (Å²) < 4.78 is 45.9. The van der Waals surface area contributed by atoms with Gasteiger partial charge < -0.3 is 84.5 Å². The molecule has 0 aromatic carbocycles. The number of ether oxygens (including phenoxy) is 8. The number of esters is 2. The fourth-order valence-corrected chi connectivity index (χ4v) is 13.6. The summed E-state index contributed by atoms with van der Waals surface area (Å²) >= 11 is 0. The van der Waals surface area contributed by atoms with E-state index in [4.69, 9.17) is 37.9 Å². The molecule has 3 aliphatic rings. The van der Waals surface area contributed by atoms with E-state index < -0.39 is 116 Å². The van der Waals surface area contributed by atoms with Crippen molar-refractivity contribution in [1.82, 2.24) is 16.0 Å². The second-order valence-electron chi connectivity index (χ2n) is 28.0. The van der Waals surface area contributed by atoms with Crippen LogP contribution in [0.4, 0.5) is 0 Å². The van der Waals surface area contributed by atoms with Crippen molar-refractivity contribution in [2.45, 2.75) is 417 Å². The van der Waals surface area contributed by atoms with E-state index in [1.807, 2.05) is 0 Å². The zero-order chi connectivity index (χ0) is 72.1. The third-order valence-electron chi connectivity index (χ3n) is 19.3. The number of unbranched alkanes of at least 4 members (excludes halogenated alkanes) is 36. The van der Waals surface area contributed by atoms with Gasteiger partial charge in [-0.05, 0) is 33.1 Å². The quantitative estimate of drug-likeness (QED) is 0.0202. The van der Waals surface area contributed by atoms with Crippen molar-refractivity contribution in [2.24, 2.45) is 5.92 Å². The van der Waals surface area contributed by atoms with Crippen molar-refractivity contribution in [3.63, 3.8) is 0 Å². The standard InChI is InChI=1S/C40H77NO7.C36H66N2O12/c1-5-8-10-12-14-16-18-20-22-24-26-28-30-34(31-29-27-25-23-21-19-17-15-13-11-9-6-2)39(44)47-32-35-37(43)38(46-7-3)36(40(45)48-35)41-33(4)42;1-5-7-8-9-10-11-12-13-14-15-16-17-18-19-20-21-28(42)47-23-27-31(43)32(44)29(37-24(3)40)36(49-27)50-33-26(22-39)48-35(45)30(38-25(4)41)34(33)46-6-2/h34-38,40,43,45H,5-32H2,1-4H3,(H,41,42);26-27,29-36,39,43-45H,5-23H2,1-4H3,(H,37,40)(H,38,41)/t35?,36?,37-,38-,40?;26?,27?,29?,30?,31-,32-,33-,34-,35?,36+/m11/s1. The molecule has 22 nitrogen and oxygen atoms in total. The Hall–Kier alpha value is -3.13. The number of aliphatic hydroxyl groups excluding tert-OH is 6. The fourth-order valence-electron chi connectivity index (χ4n) is 13.6. The molecule has 3 fully saturated rings. The molecular weight excluding hydrogens is 1260 g/mol. The number of nitrogens with one attached hydrogen (secondary N) is 3. The van der Waals surface area contributed by atoms with E-state index in [1.165, 1.54) is 220 Å². The lowest BCUT2D eigenvalue weighted by Crippen LogP contribution is -2.69. The van der Waals surface area contributed by atoms with Crippen LogP contribution >= 0.6 is 0 Å². The van der Waals surface area contributed by atoms with Gasteiger partial charge in [0, 0.05) is 40.4 Å². The molecule has 15 atom stereocenters. The van der Waals surface area contributed by atoms with E-state index in [0.29, 0.717) is 6.42 Å². The van der Waals surface area contributed by atoms with Gasteiger partial charge in [0.05, 0.1) is 12.5 Å². The number of carbonyl (C=O) groups excluding carboxylic acids is 5. The molecule has 98 heavy (non-hydrogen) atoms. The number of carbonyl (C=O) groups is 5. The summed E-state index contributed by atoms with van der Waals surface area (Å²) in [5.74, 6) is -2.25. The summed E-state index contributed by atoms with van der Waals surface area (Å²) in [6.45, 7) is 13.3. The second kappa shape index (κ2) is 58.3. The molecule has 8 unspecified atom stereocenters. The Balaban J connectivity index is 0.000000667. The van der Waals surface area contributed by atoms with E-state index in [1.54, 1.807) is 13.8 Å². The summed E-state index contributed by atoms with van der Waals surface area (Å²) in [4.78, 5) is 61.4. The molecule has 3 aliphatic heterocycles. The molecule has 3 heterocycles. The van der Waals surface area contributed by atoms with Crippen LogP contribution < -0.4 is 16.0 Å². The molecule has 0 radical (unpaired) electrons. The maximum absolute atomic E-state index is 13.3. The van der Waals surface area contributed by atoms with Gasteiger partial charge >= 0.3 is 11.9 Å². The molecule has 3 rings (SSSR count). The van der Waals surface area contributed by atoms with Crippen LogP contribution in [-0.4, -0.2) is 185 Å². The van der Waals surface area contributed by atoms with Crippen LogP contribution in [0, 0.1) is 5.92 Å². The van der Waals surface area contributed by atoms with E-state index in [-0.39, 0.29) is 50.6 Å². The summed E-state index contributed by atoms with van der Waals surface area (Å²) in [6.07, 6.45) is 35.9. The molecule has 0 aliphatic carbocycles. The van der Waals surface area contributed by atoms with Crippen molar-refractivity contribution >= 4 is 29.7 Å². The maximum atomic E-state index is 13.3. The zero-order valence-electron chi connectivity index (χ0n) is 62.5. The highest BCUT2D eigenvalue weighted by atomic mass is 16.7. The lowest BCUT2D eigenvalue weighted by atomic mass is 9.93. The van der Waals surface area contributed by atoms with Crippen LogP contribution in [0.3, 0.4) is 0 Å². The average Bonchev–Trinajstić information content (AvgIpc) is 0.795. The molecule has 3 saturated heterocycles. The topological polar surface area (TPSA) is 317 Å². The number of hydrogen-bond donors (Lipinski definition) is 9. The van der Waals surface area contributed by atoms with Crippen molar-refractivity contribution in [3.05, 3.63) is 0 Å². The van der Waals surface area contributed by atoms with Gasteiger partial charge in [0.2, 0.25) is 17.7 Å². The van der Waals surface area contributed by atoms with E-state index in [0.717, 1.165) is 57.8 Å². The minimum absolute atomic E-state index is 0.144. The maximum Gasteiger partial charge on any atom is 0.309 e. The van der Waals surface area contributed by atoms with Crippen LogP contribution in [0.5, 0.6) is 0 Å². The summed E-state index contributed by atoms with van der Waals surface area (Å²) in [5, 5.41) is 71.7. The molecule has 22 heteroatoms. The van der Waals surface area contributed by atoms with Gasteiger partial charge in [0.25, 0.3) is 0 Å². The Kier molecular flexibility index (Phi) is 54.1. The van der Waals surface area contributed by atoms with Crippen molar-refractivity contribution < 1.29 is 92.5 Å². The second-order valence-corrected chi connectivity index (χ2v) is 28.0. The van der Waals surface area contributed by atoms with Crippen molar-refractivity contribution in [3.8, 4) is 0 Å². The van der Waals surface area contributed by atoms with E-state index >= 15 is 0 Å². The van der Waals surface area contributed by atoms with Crippen LogP contribution in [-0.2, 0) is 61.9 Å². The first-order chi connectivity index (χ1) is 47.4. The van der Waals surface area contributed by atoms with Crippen molar-refractivity contribution in [2.75, 3.05) is 33.0 Å². The van der Waals surface area contributed by atoms with Crippen LogP contribution in [0.25, 0.3) is 0 Å². The molecule has 0 aromatic rings. The Morgan fingerprint density at radius 1 is 0.378 bits per heavy atom. The highest BCUT2D eigenvalue weighted by Gasteiger charge is 2.53. The Morgan fingerprint density at radius 3 is 1.10 bits per heavy atom. The molecule has 0 aromatic heterocycles. The monoisotopic (exact) mass is 1400 g/mol. The van der Waals surface area contributed by atoms with Crippen LogP contribution in [0.15, 0.2) is 0 Å². The number of hydrogen-bond acceptors (Lipinski definition) is 19. The van der Waals surface area contributed by atoms with E-state index in [9.17, 15) is 54.6 Å². The first-order valence-electron chi connectivity index (χ1n) is 39.4. The van der Waals surface area contributed by atoms with Gasteiger partial charge in [-0.1, -0.05) is 265 Å². The summed E-state index contributed by atoms with van der Waals surface area (Å²) in [6, 6.07) is -3.27. The molecule has 0 spiro atoms. The Labute approximate surface area is 591 Å². The molecule has 576 valence electrons. The molecule has 3 amide bonds. The van der Waals surface area contributed by atoms with Gasteiger partial charge in [-0.25, -0.2) is 0 Å². The highest BCUT2D eigenvalue weighted by Crippen LogP contribution is 2.32. The van der Waals surface area contributed by atoms with Gasteiger partial charge in [0.15, 0.2) is 18.9 Å². The first-order valence-corrected chi connectivity index (χ1v) is 39.4. The predicted octanol–water partition coefficient (Wildman–Crippen LogP) is 12.1. The largest absolute Gasteiger partial charge is 0.463 e. The molecule has 9 N–H and O–H groups in total. The SMILES string of the molecule is CCCCCCCCCCCCCCC(CCCCCCCCCCCCCC)C(=O)OCC1OC(O)C(NC(C)=O)[C@@H](OCC)[C@@H]1O.CCCCCCCCCCCCCCCCCC(=O)OCC1O[C@@H](O[C@@H]2C(CO)OC(O)C(NC(C)=O)[C@H]2OCC)C(NC(C)=O)[C@@H](O)[C@@H]1O. The Morgan fingerprint density at radius 2 is 0.714 bits per heavy atom. The Bertz CT molecular complexity index is 1970. The minimum atomic E-state index is -1.59. The van der Waals surface area contributed by atoms with Gasteiger partial charge in [-0.3, -0.25) is 24.0 Å². The van der Waals surface area contributed by atoms with E-state index in [2.05, 4.69) is 36.7 Å².